The molecule has 0 saturated heterocycles. The SMILES string of the molecule is CCCCCCCCCCCCCCN1C=CN(c2ccccc2)C1C(C)C. The minimum atomic E-state index is 0.454. The molecule has 1 aromatic rings. The van der Waals surface area contributed by atoms with Crippen molar-refractivity contribution in [3.63, 3.8) is 0 Å². The molecule has 0 radical (unpaired) electrons. The van der Waals surface area contributed by atoms with Crippen molar-refractivity contribution < 1.29 is 0 Å². The monoisotopic (exact) mass is 384 g/mol. The van der Waals surface area contributed by atoms with E-state index in [1.54, 1.807) is 0 Å². The summed E-state index contributed by atoms with van der Waals surface area (Å²) in [6, 6.07) is 10.8. The summed E-state index contributed by atoms with van der Waals surface area (Å²) in [5, 5.41) is 0. The van der Waals surface area contributed by atoms with Crippen LogP contribution in [-0.2, 0) is 0 Å². The van der Waals surface area contributed by atoms with E-state index in [1.165, 1.54) is 89.3 Å². The van der Waals surface area contributed by atoms with Gasteiger partial charge in [-0.15, -0.1) is 0 Å². The molecule has 2 heteroatoms. The van der Waals surface area contributed by atoms with Crippen molar-refractivity contribution in [2.75, 3.05) is 11.4 Å². The largest absolute Gasteiger partial charge is 0.355 e. The molecule has 1 unspecified atom stereocenters. The molecule has 0 fully saturated rings. The van der Waals surface area contributed by atoms with E-state index >= 15 is 0 Å². The third-order valence-corrected chi connectivity index (χ3v) is 5.96. The van der Waals surface area contributed by atoms with Gasteiger partial charge in [0.15, 0.2) is 0 Å². The Hall–Kier alpha value is -1.44. The molecule has 2 nitrogen and oxygen atoms in total. The Morgan fingerprint density at radius 2 is 1.25 bits per heavy atom. The number of anilines is 1. The van der Waals surface area contributed by atoms with Crippen molar-refractivity contribution in [3.05, 3.63) is 42.7 Å². The van der Waals surface area contributed by atoms with Gasteiger partial charge < -0.3 is 9.80 Å². The van der Waals surface area contributed by atoms with Crippen LogP contribution in [0.5, 0.6) is 0 Å². The zero-order valence-electron chi connectivity index (χ0n) is 18.8. The van der Waals surface area contributed by atoms with Crippen LogP contribution >= 0.6 is 0 Å². The molecular weight excluding hydrogens is 340 g/mol. The standard InChI is InChI=1S/C26H44N2/c1-4-5-6-7-8-9-10-11-12-13-14-18-21-27-22-23-28(26(27)24(2)3)25-19-16-15-17-20-25/h15-17,19-20,22-24,26H,4-14,18,21H2,1-3H3. The first-order valence-electron chi connectivity index (χ1n) is 12.0. The number of unbranched alkanes of at least 4 members (excludes halogenated alkanes) is 11. The Kier molecular flexibility index (Phi) is 11.2. The lowest BCUT2D eigenvalue weighted by Crippen LogP contribution is -2.43. The quantitative estimate of drug-likeness (QED) is 0.283. The maximum Gasteiger partial charge on any atom is 0.108 e. The molecule has 158 valence electrons. The fourth-order valence-corrected chi connectivity index (χ4v) is 4.38. The van der Waals surface area contributed by atoms with Crippen LogP contribution in [0.15, 0.2) is 42.7 Å². The van der Waals surface area contributed by atoms with Gasteiger partial charge in [0.2, 0.25) is 0 Å². The van der Waals surface area contributed by atoms with Gasteiger partial charge in [0, 0.05) is 24.6 Å². The van der Waals surface area contributed by atoms with Crippen LogP contribution in [0, 0.1) is 5.92 Å². The summed E-state index contributed by atoms with van der Waals surface area (Å²) < 4.78 is 0. The Balaban J connectivity index is 1.56. The van der Waals surface area contributed by atoms with Crippen LogP contribution < -0.4 is 4.90 Å². The van der Waals surface area contributed by atoms with E-state index in [1.807, 2.05) is 0 Å². The van der Waals surface area contributed by atoms with Gasteiger partial charge in [-0.3, -0.25) is 0 Å². The highest BCUT2D eigenvalue weighted by molar-refractivity contribution is 5.51. The molecular formula is C26H44N2. The van der Waals surface area contributed by atoms with Crippen LogP contribution in [0.4, 0.5) is 5.69 Å². The molecule has 1 aliphatic rings. The van der Waals surface area contributed by atoms with E-state index in [2.05, 4.69) is 73.3 Å². The average molecular weight is 385 g/mol. The smallest absolute Gasteiger partial charge is 0.108 e. The van der Waals surface area contributed by atoms with Gasteiger partial charge in [-0.05, 0) is 24.5 Å². The summed E-state index contributed by atoms with van der Waals surface area (Å²) >= 11 is 0. The molecule has 0 aromatic heterocycles. The topological polar surface area (TPSA) is 6.48 Å². The molecule has 0 spiro atoms. The van der Waals surface area contributed by atoms with Gasteiger partial charge in [0.05, 0.1) is 0 Å². The van der Waals surface area contributed by atoms with Crippen molar-refractivity contribution in [2.45, 2.75) is 104 Å². The Bertz CT molecular complexity index is 522. The number of rotatable bonds is 15. The molecule has 1 heterocycles. The molecule has 2 rings (SSSR count). The first-order valence-corrected chi connectivity index (χ1v) is 12.0. The Labute approximate surface area is 175 Å². The van der Waals surface area contributed by atoms with Gasteiger partial charge in [-0.1, -0.05) is 110 Å². The minimum absolute atomic E-state index is 0.454. The van der Waals surface area contributed by atoms with E-state index in [0.29, 0.717) is 12.1 Å². The number of nitrogens with zero attached hydrogens (tertiary/aromatic N) is 2. The van der Waals surface area contributed by atoms with Crippen LogP contribution in [0.25, 0.3) is 0 Å². The molecule has 28 heavy (non-hydrogen) atoms. The van der Waals surface area contributed by atoms with Crippen LogP contribution in [-0.4, -0.2) is 17.6 Å². The van der Waals surface area contributed by atoms with E-state index in [4.69, 9.17) is 0 Å². The summed E-state index contributed by atoms with van der Waals surface area (Å²) in [5.41, 5.74) is 1.30. The number of benzene rings is 1. The fraction of sp³-hybridized carbons (Fsp3) is 0.692. The third kappa shape index (κ3) is 7.89. The van der Waals surface area contributed by atoms with Crippen LogP contribution in [0.1, 0.15) is 97.8 Å². The molecule has 1 aromatic carbocycles. The van der Waals surface area contributed by atoms with E-state index in [0.717, 1.165) is 0 Å². The minimum Gasteiger partial charge on any atom is -0.355 e. The second-order valence-electron chi connectivity index (χ2n) is 8.83. The predicted molar refractivity (Wildman–Crippen MR) is 124 cm³/mol. The second-order valence-corrected chi connectivity index (χ2v) is 8.83. The highest BCUT2D eigenvalue weighted by Gasteiger charge is 2.29. The Morgan fingerprint density at radius 3 is 1.79 bits per heavy atom. The lowest BCUT2D eigenvalue weighted by atomic mass is 10.0. The van der Waals surface area contributed by atoms with Crippen molar-refractivity contribution in [1.29, 1.82) is 0 Å². The summed E-state index contributed by atoms with van der Waals surface area (Å²) in [6.45, 7) is 8.15. The van der Waals surface area contributed by atoms with Crippen LogP contribution in [0.2, 0.25) is 0 Å². The summed E-state index contributed by atoms with van der Waals surface area (Å²) in [6.07, 6.45) is 22.0. The molecule has 0 amide bonds. The van der Waals surface area contributed by atoms with Crippen LogP contribution in [0.3, 0.4) is 0 Å². The normalized spacial score (nSPS) is 16.5. The lowest BCUT2D eigenvalue weighted by molar-refractivity contribution is 0.237. The first-order chi connectivity index (χ1) is 13.7. The zero-order chi connectivity index (χ0) is 20.0. The first kappa shape index (κ1) is 22.8. The van der Waals surface area contributed by atoms with Crippen molar-refractivity contribution in [2.24, 2.45) is 5.92 Å². The molecule has 1 atom stereocenters. The molecule has 1 aliphatic heterocycles. The fourth-order valence-electron chi connectivity index (χ4n) is 4.38. The predicted octanol–water partition coefficient (Wildman–Crippen LogP) is 7.96. The molecule has 0 saturated carbocycles. The number of hydrogen-bond donors (Lipinski definition) is 0. The number of hydrogen-bond acceptors (Lipinski definition) is 2. The van der Waals surface area contributed by atoms with Gasteiger partial charge in [-0.2, -0.15) is 0 Å². The third-order valence-electron chi connectivity index (χ3n) is 5.96. The summed E-state index contributed by atoms with van der Waals surface area (Å²) in [7, 11) is 0. The highest BCUT2D eigenvalue weighted by Crippen LogP contribution is 2.29. The molecule has 0 bridgehead atoms. The van der Waals surface area contributed by atoms with E-state index in [-0.39, 0.29) is 0 Å². The average Bonchev–Trinajstić information content (AvgIpc) is 3.14. The van der Waals surface area contributed by atoms with Gasteiger partial charge in [0.25, 0.3) is 0 Å². The van der Waals surface area contributed by atoms with Crippen molar-refractivity contribution >= 4 is 5.69 Å². The maximum atomic E-state index is 2.55. The number of para-hydroxylation sites is 1. The Morgan fingerprint density at radius 1 is 0.714 bits per heavy atom. The van der Waals surface area contributed by atoms with Gasteiger partial charge in [-0.25, -0.2) is 0 Å². The van der Waals surface area contributed by atoms with Gasteiger partial charge in [0.1, 0.15) is 6.17 Å². The van der Waals surface area contributed by atoms with Crippen molar-refractivity contribution in [1.82, 2.24) is 4.90 Å². The maximum absolute atomic E-state index is 2.55. The van der Waals surface area contributed by atoms with Gasteiger partial charge >= 0.3 is 0 Å². The molecule has 0 N–H and O–H groups in total. The highest BCUT2D eigenvalue weighted by atomic mass is 15.4. The van der Waals surface area contributed by atoms with E-state index in [9.17, 15) is 0 Å². The zero-order valence-corrected chi connectivity index (χ0v) is 18.8. The summed E-state index contributed by atoms with van der Waals surface area (Å²) in [5.74, 6) is 0.604. The summed E-state index contributed by atoms with van der Waals surface area (Å²) in [4.78, 5) is 4.99. The van der Waals surface area contributed by atoms with E-state index < -0.39 is 0 Å². The molecule has 0 aliphatic carbocycles. The van der Waals surface area contributed by atoms with Crippen molar-refractivity contribution in [3.8, 4) is 0 Å². The second kappa shape index (κ2) is 13.7. The lowest BCUT2D eigenvalue weighted by Gasteiger charge is -2.35.